The number of amides is 1. The Labute approximate surface area is 156 Å². The minimum Gasteiger partial charge on any atom is -0.324 e. The lowest BCUT2D eigenvalue weighted by Crippen LogP contribution is -2.38. The zero-order valence-corrected chi connectivity index (χ0v) is 17.0. The van der Waals surface area contributed by atoms with Crippen LogP contribution in [0.2, 0.25) is 0 Å². The fraction of sp³-hybridized carbons (Fsp3) is 0.350. The van der Waals surface area contributed by atoms with Crippen LogP contribution in [0.3, 0.4) is 0 Å². The highest BCUT2D eigenvalue weighted by molar-refractivity contribution is 7.92. The van der Waals surface area contributed by atoms with E-state index in [0.29, 0.717) is 5.69 Å². The van der Waals surface area contributed by atoms with Gasteiger partial charge in [0.05, 0.1) is 11.9 Å². The predicted molar refractivity (Wildman–Crippen MR) is 107 cm³/mol. The summed E-state index contributed by atoms with van der Waals surface area (Å²) >= 11 is 0. The van der Waals surface area contributed by atoms with Gasteiger partial charge in [0, 0.05) is 5.69 Å². The topological polar surface area (TPSA) is 66.5 Å². The van der Waals surface area contributed by atoms with E-state index in [1.54, 1.807) is 6.07 Å². The maximum Gasteiger partial charge on any atom is 0.245 e. The Balaban J connectivity index is 2.33. The van der Waals surface area contributed by atoms with Gasteiger partial charge in [-0.25, -0.2) is 8.42 Å². The number of aryl methyl sites for hydroxylation is 5. The highest BCUT2D eigenvalue weighted by atomic mass is 32.2. The summed E-state index contributed by atoms with van der Waals surface area (Å²) in [7, 11) is -3.60. The molecule has 0 fully saturated rings. The van der Waals surface area contributed by atoms with Crippen LogP contribution in [0.5, 0.6) is 0 Å². The van der Waals surface area contributed by atoms with Crippen molar-refractivity contribution in [3.63, 3.8) is 0 Å². The van der Waals surface area contributed by atoms with Crippen LogP contribution in [-0.4, -0.2) is 27.1 Å². The lowest BCUT2D eigenvalue weighted by Gasteiger charge is -2.24. The number of rotatable bonds is 5. The third kappa shape index (κ3) is 4.64. The highest BCUT2D eigenvalue weighted by Crippen LogP contribution is 2.25. The first-order valence-electron chi connectivity index (χ1n) is 8.41. The lowest BCUT2D eigenvalue weighted by molar-refractivity contribution is -0.114. The van der Waals surface area contributed by atoms with Crippen molar-refractivity contribution in [3.05, 3.63) is 58.1 Å². The molecule has 0 radical (unpaired) electrons. The Morgan fingerprint density at radius 2 is 1.50 bits per heavy atom. The van der Waals surface area contributed by atoms with Crippen LogP contribution in [0.15, 0.2) is 30.3 Å². The van der Waals surface area contributed by atoms with Gasteiger partial charge in [0.2, 0.25) is 15.9 Å². The smallest absolute Gasteiger partial charge is 0.245 e. The van der Waals surface area contributed by atoms with Crippen LogP contribution < -0.4 is 9.62 Å². The molecule has 2 rings (SSSR count). The Morgan fingerprint density at radius 1 is 0.923 bits per heavy atom. The zero-order valence-electron chi connectivity index (χ0n) is 16.2. The van der Waals surface area contributed by atoms with Gasteiger partial charge in [0.1, 0.15) is 6.54 Å². The molecule has 0 spiro atoms. The molecule has 0 aliphatic heterocycles. The van der Waals surface area contributed by atoms with Gasteiger partial charge < -0.3 is 5.32 Å². The highest BCUT2D eigenvalue weighted by Gasteiger charge is 2.23. The van der Waals surface area contributed by atoms with Crippen LogP contribution in [0.25, 0.3) is 0 Å². The summed E-state index contributed by atoms with van der Waals surface area (Å²) in [5.74, 6) is -0.369. The first-order valence-corrected chi connectivity index (χ1v) is 10.3. The largest absolute Gasteiger partial charge is 0.324 e. The number of sulfonamides is 1. The Hall–Kier alpha value is -2.34. The van der Waals surface area contributed by atoms with Gasteiger partial charge in [0.25, 0.3) is 0 Å². The zero-order chi connectivity index (χ0) is 19.6. The molecule has 1 amide bonds. The van der Waals surface area contributed by atoms with Crippen molar-refractivity contribution >= 4 is 27.3 Å². The molecule has 6 heteroatoms. The molecule has 5 nitrogen and oxygen atoms in total. The molecule has 2 aromatic carbocycles. The van der Waals surface area contributed by atoms with Gasteiger partial charge in [-0.15, -0.1) is 0 Å². The molecule has 26 heavy (non-hydrogen) atoms. The van der Waals surface area contributed by atoms with Crippen molar-refractivity contribution in [1.82, 2.24) is 0 Å². The van der Waals surface area contributed by atoms with Crippen LogP contribution in [0, 0.1) is 34.6 Å². The monoisotopic (exact) mass is 374 g/mol. The van der Waals surface area contributed by atoms with Crippen LogP contribution in [-0.2, 0) is 14.8 Å². The molecule has 0 saturated carbocycles. The van der Waals surface area contributed by atoms with E-state index in [0.717, 1.165) is 44.1 Å². The number of nitrogens with zero attached hydrogens (tertiary/aromatic N) is 1. The van der Waals surface area contributed by atoms with Gasteiger partial charge in [-0.05, 0) is 62.9 Å². The van der Waals surface area contributed by atoms with Crippen LogP contribution in [0.4, 0.5) is 11.4 Å². The number of nitrogens with one attached hydrogen (secondary N) is 1. The molecular formula is C20H26N2O3S. The van der Waals surface area contributed by atoms with E-state index in [2.05, 4.69) is 5.32 Å². The standard InChI is InChI=1S/C20H26N2O3S/c1-13-7-8-15(3)18(11-13)22(26(6,24)25)12-19(23)21-20-16(4)9-14(2)10-17(20)5/h7-11H,12H2,1-6H3,(H,21,23). The van der Waals surface area contributed by atoms with Gasteiger partial charge in [-0.1, -0.05) is 29.8 Å². The summed E-state index contributed by atoms with van der Waals surface area (Å²) in [5.41, 5.74) is 6.02. The maximum absolute atomic E-state index is 12.6. The first-order chi connectivity index (χ1) is 12.0. The van der Waals surface area contributed by atoms with E-state index in [1.165, 1.54) is 0 Å². The van der Waals surface area contributed by atoms with Crippen molar-refractivity contribution in [3.8, 4) is 0 Å². The molecular weight excluding hydrogens is 348 g/mol. The molecule has 0 bridgehead atoms. The van der Waals surface area contributed by atoms with Crippen molar-refractivity contribution in [2.75, 3.05) is 22.4 Å². The van der Waals surface area contributed by atoms with Gasteiger partial charge in [-0.3, -0.25) is 9.10 Å². The second kappa shape index (κ2) is 7.50. The second-order valence-corrected chi connectivity index (χ2v) is 8.79. The summed E-state index contributed by atoms with van der Waals surface area (Å²) in [5, 5.41) is 2.87. The van der Waals surface area contributed by atoms with E-state index < -0.39 is 10.0 Å². The minimum absolute atomic E-state index is 0.268. The number of carbonyl (C=O) groups is 1. The molecule has 1 N–H and O–H groups in total. The van der Waals surface area contributed by atoms with E-state index in [4.69, 9.17) is 0 Å². The average molecular weight is 375 g/mol. The molecule has 0 aliphatic carbocycles. The fourth-order valence-corrected chi connectivity index (χ4v) is 3.96. The summed E-state index contributed by atoms with van der Waals surface area (Å²) < 4.78 is 25.8. The molecule has 0 aliphatic rings. The molecule has 0 heterocycles. The fourth-order valence-electron chi connectivity index (χ4n) is 3.06. The van der Waals surface area contributed by atoms with Gasteiger partial charge in [-0.2, -0.15) is 0 Å². The summed E-state index contributed by atoms with van der Waals surface area (Å²) in [6.07, 6.45) is 1.12. The average Bonchev–Trinajstić information content (AvgIpc) is 2.50. The van der Waals surface area contributed by atoms with E-state index in [1.807, 2.05) is 58.9 Å². The number of hydrogen-bond acceptors (Lipinski definition) is 3. The predicted octanol–water partition coefficient (Wildman–Crippen LogP) is 3.63. The van der Waals surface area contributed by atoms with E-state index in [-0.39, 0.29) is 12.5 Å². The summed E-state index contributed by atoms with van der Waals surface area (Å²) in [4.78, 5) is 12.6. The van der Waals surface area contributed by atoms with Gasteiger partial charge in [0.15, 0.2) is 0 Å². The van der Waals surface area contributed by atoms with Crippen molar-refractivity contribution in [1.29, 1.82) is 0 Å². The number of hydrogen-bond donors (Lipinski definition) is 1. The quantitative estimate of drug-likeness (QED) is 0.869. The SMILES string of the molecule is Cc1cc(C)c(NC(=O)CN(c2cc(C)ccc2C)S(C)(=O)=O)c(C)c1. The normalized spacial score (nSPS) is 11.3. The number of carbonyl (C=O) groups excluding carboxylic acids is 1. The van der Waals surface area contributed by atoms with Crippen molar-refractivity contribution in [2.24, 2.45) is 0 Å². The Kier molecular flexibility index (Phi) is 5.76. The second-order valence-electron chi connectivity index (χ2n) is 6.88. The Bertz CT molecular complexity index is 927. The molecule has 0 aromatic heterocycles. The van der Waals surface area contributed by atoms with E-state index in [9.17, 15) is 13.2 Å². The van der Waals surface area contributed by atoms with Gasteiger partial charge >= 0.3 is 0 Å². The van der Waals surface area contributed by atoms with Crippen LogP contribution >= 0.6 is 0 Å². The molecule has 2 aromatic rings. The molecule has 0 saturated heterocycles. The van der Waals surface area contributed by atoms with E-state index >= 15 is 0 Å². The first kappa shape index (κ1) is 20.0. The lowest BCUT2D eigenvalue weighted by atomic mass is 10.1. The number of benzene rings is 2. The maximum atomic E-state index is 12.6. The molecule has 0 unspecified atom stereocenters. The van der Waals surface area contributed by atoms with Crippen molar-refractivity contribution in [2.45, 2.75) is 34.6 Å². The number of anilines is 2. The summed E-state index contributed by atoms with van der Waals surface area (Å²) in [6, 6.07) is 9.53. The molecule has 0 atom stereocenters. The minimum atomic E-state index is -3.60. The van der Waals surface area contributed by atoms with Crippen molar-refractivity contribution < 1.29 is 13.2 Å². The third-order valence-corrected chi connectivity index (χ3v) is 5.39. The third-order valence-electron chi connectivity index (χ3n) is 4.26. The summed E-state index contributed by atoms with van der Waals surface area (Å²) in [6.45, 7) is 9.30. The Morgan fingerprint density at radius 3 is 2.04 bits per heavy atom. The molecule has 140 valence electrons. The van der Waals surface area contributed by atoms with Crippen LogP contribution in [0.1, 0.15) is 27.8 Å².